The molecule has 0 aliphatic rings. The number of hydrogen-bond donors (Lipinski definition) is 3. The van der Waals surface area contributed by atoms with Gasteiger partial charge in [-0.25, -0.2) is 0 Å². The zero-order chi connectivity index (χ0) is 15.7. The molecule has 21 heavy (non-hydrogen) atoms. The number of anilines is 2. The lowest BCUT2D eigenvalue weighted by Gasteiger charge is -2.08. The molecule has 0 fully saturated rings. The Bertz CT molecular complexity index is 514. The van der Waals surface area contributed by atoms with Gasteiger partial charge in [0.25, 0.3) is 0 Å². The highest BCUT2D eigenvalue weighted by Gasteiger charge is 2.06. The number of benzene rings is 1. The van der Waals surface area contributed by atoms with Gasteiger partial charge in [-0.1, -0.05) is 13.0 Å². The Morgan fingerprint density at radius 2 is 1.57 bits per heavy atom. The van der Waals surface area contributed by atoms with Crippen LogP contribution in [0.3, 0.4) is 0 Å². The van der Waals surface area contributed by atoms with Crippen molar-refractivity contribution in [1.29, 1.82) is 0 Å². The smallest absolute Gasteiger partial charge is 0.303 e. The van der Waals surface area contributed by atoms with Crippen LogP contribution >= 0.6 is 0 Å². The van der Waals surface area contributed by atoms with Crippen LogP contribution in [0.4, 0.5) is 11.4 Å². The fourth-order valence-electron chi connectivity index (χ4n) is 1.75. The zero-order valence-electron chi connectivity index (χ0n) is 12.0. The molecule has 0 saturated carbocycles. The van der Waals surface area contributed by atoms with Gasteiger partial charge >= 0.3 is 5.97 Å². The van der Waals surface area contributed by atoms with Crippen molar-refractivity contribution in [3.05, 3.63) is 24.3 Å². The van der Waals surface area contributed by atoms with Gasteiger partial charge in [-0.15, -0.1) is 0 Å². The summed E-state index contributed by atoms with van der Waals surface area (Å²) < 4.78 is 0. The predicted molar refractivity (Wildman–Crippen MR) is 80.1 cm³/mol. The Balaban J connectivity index is 2.50. The Morgan fingerprint density at radius 1 is 1.00 bits per heavy atom. The van der Waals surface area contributed by atoms with E-state index >= 15 is 0 Å². The van der Waals surface area contributed by atoms with Crippen molar-refractivity contribution < 1.29 is 19.5 Å². The molecule has 6 heteroatoms. The topological polar surface area (TPSA) is 95.5 Å². The first-order chi connectivity index (χ1) is 10.0. The molecule has 1 aromatic carbocycles. The number of carbonyl (C=O) groups excluding carboxylic acids is 2. The predicted octanol–water partition coefficient (Wildman–Crippen LogP) is 2.62. The van der Waals surface area contributed by atoms with Crippen molar-refractivity contribution in [3.8, 4) is 0 Å². The van der Waals surface area contributed by atoms with Gasteiger partial charge in [0, 0.05) is 30.6 Å². The van der Waals surface area contributed by atoms with Crippen molar-refractivity contribution in [2.45, 2.75) is 39.0 Å². The maximum atomic E-state index is 11.6. The van der Waals surface area contributed by atoms with Crippen molar-refractivity contribution in [3.63, 3.8) is 0 Å². The average Bonchev–Trinajstić information content (AvgIpc) is 2.38. The zero-order valence-corrected chi connectivity index (χ0v) is 12.0. The fourth-order valence-corrected chi connectivity index (χ4v) is 1.75. The Hall–Kier alpha value is -2.37. The van der Waals surface area contributed by atoms with E-state index in [1.165, 1.54) is 0 Å². The van der Waals surface area contributed by atoms with Gasteiger partial charge in [0.05, 0.1) is 0 Å². The summed E-state index contributed by atoms with van der Waals surface area (Å²) in [5, 5.41) is 13.9. The summed E-state index contributed by atoms with van der Waals surface area (Å²) in [5.74, 6) is -1.22. The minimum absolute atomic E-state index is 0.0272. The molecule has 6 nitrogen and oxygen atoms in total. The van der Waals surface area contributed by atoms with Crippen LogP contribution in [-0.4, -0.2) is 22.9 Å². The Kier molecular flexibility index (Phi) is 6.94. The summed E-state index contributed by atoms with van der Waals surface area (Å²) in [6, 6.07) is 6.86. The number of carboxylic acid groups (broad SMARTS) is 1. The first-order valence-corrected chi connectivity index (χ1v) is 6.93. The molecule has 0 radical (unpaired) electrons. The van der Waals surface area contributed by atoms with E-state index in [0.29, 0.717) is 24.2 Å². The third-order valence-electron chi connectivity index (χ3n) is 2.70. The Labute approximate surface area is 123 Å². The lowest BCUT2D eigenvalue weighted by atomic mass is 10.2. The van der Waals surface area contributed by atoms with Gasteiger partial charge in [0.15, 0.2) is 0 Å². The number of rotatable bonds is 8. The lowest BCUT2D eigenvalue weighted by molar-refractivity contribution is -0.137. The highest BCUT2D eigenvalue weighted by molar-refractivity contribution is 5.94. The van der Waals surface area contributed by atoms with Crippen LogP contribution in [0.15, 0.2) is 24.3 Å². The number of carbonyl (C=O) groups is 3. The summed E-state index contributed by atoms with van der Waals surface area (Å²) in [6.07, 6.45) is 1.64. The highest BCUT2D eigenvalue weighted by Crippen LogP contribution is 2.16. The van der Waals surface area contributed by atoms with Crippen LogP contribution in [0.25, 0.3) is 0 Å². The summed E-state index contributed by atoms with van der Waals surface area (Å²) in [5.41, 5.74) is 1.20. The molecule has 0 aromatic heterocycles. The van der Waals surface area contributed by atoms with E-state index in [1.54, 1.807) is 24.3 Å². The largest absolute Gasteiger partial charge is 0.481 e. The molecule has 1 rings (SSSR count). The summed E-state index contributed by atoms with van der Waals surface area (Å²) in [4.78, 5) is 33.5. The molecule has 0 spiro atoms. The van der Waals surface area contributed by atoms with E-state index in [4.69, 9.17) is 5.11 Å². The molecule has 0 bridgehead atoms. The van der Waals surface area contributed by atoms with Crippen LogP contribution in [0.2, 0.25) is 0 Å². The third-order valence-corrected chi connectivity index (χ3v) is 2.70. The van der Waals surface area contributed by atoms with Gasteiger partial charge in [0.1, 0.15) is 0 Å². The normalized spacial score (nSPS) is 9.95. The number of aliphatic carboxylic acids is 1. The van der Waals surface area contributed by atoms with Crippen LogP contribution in [0.1, 0.15) is 39.0 Å². The molecule has 0 heterocycles. The molecule has 0 aliphatic heterocycles. The van der Waals surface area contributed by atoms with E-state index in [9.17, 15) is 14.4 Å². The number of nitrogens with one attached hydrogen (secondary N) is 2. The molecule has 0 aliphatic carbocycles. The highest BCUT2D eigenvalue weighted by atomic mass is 16.4. The first kappa shape index (κ1) is 16.7. The van der Waals surface area contributed by atoms with Gasteiger partial charge in [-0.3, -0.25) is 14.4 Å². The van der Waals surface area contributed by atoms with Crippen molar-refractivity contribution in [2.24, 2.45) is 0 Å². The minimum Gasteiger partial charge on any atom is -0.481 e. The van der Waals surface area contributed by atoms with Crippen LogP contribution < -0.4 is 10.6 Å². The Morgan fingerprint density at radius 3 is 2.10 bits per heavy atom. The molecular weight excluding hydrogens is 272 g/mol. The van der Waals surface area contributed by atoms with Crippen molar-refractivity contribution in [2.75, 3.05) is 10.6 Å². The number of carboxylic acids is 1. The number of hydrogen-bond acceptors (Lipinski definition) is 3. The molecule has 0 atom stereocenters. The second-order valence-electron chi connectivity index (χ2n) is 4.67. The fraction of sp³-hybridized carbons (Fsp3) is 0.400. The van der Waals surface area contributed by atoms with Gasteiger partial charge in [0.2, 0.25) is 11.8 Å². The summed E-state index contributed by atoms with van der Waals surface area (Å²) in [7, 11) is 0. The molecule has 2 amide bonds. The summed E-state index contributed by atoms with van der Waals surface area (Å²) >= 11 is 0. The maximum absolute atomic E-state index is 11.6. The van der Waals surface area contributed by atoms with E-state index in [0.717, 1.165) is 6.42 Å². The SMILES string of the molecule is CCCC(=O)Nc1cccc(NC(=O)CCCC(=O)O)c1. The average molecular weight is 292 g/mol. The third kappa shape index (κ3) is 7.10. The number of amides is 2. The molecule has 0 saturated heterocycles. The summed E-state index contributed by atoms with van der Waals surface area (Å²) in [6.45, 7) is 1.92. The van der Waals surface area contributed by atoms with E-state index < -0.39 is 5.97 Å². The molecule has 1 aromatic rings. The minimum atomic E-state index is -0.913. The van der Waals surface area contributed by atoms with Crippen LogP contribution in [0, 0.1) is 0 Å². The molecule has 0 unspecified atom stereocenters. The van der Waals surface area contributed by atoms with Crippen molar-refractivity contribution >= 4 is 29.2 Å². The second kappa shape index (κ2) is 8.73. The molecular formula is C15H20N2O4. The monoisotopic (exact) mass is 292 g/mol. The quantitative estimate of drug-likeness (QED) is 0.686. The van der Waals surface area contributed by atoms with Gasteiger partial charge in [-0.2, -0.15) is 0 Å². The van der Waals surface area contributed by atoms with Crippen molar-refractivity contribution in [1.82, 2.24) is 0 Å². The lowest BCUT2D eigenvalue weighted by Crippen LogP contribution is -2.13. The van der Waals surface area contributed by atoms with Crippen LogP contribution in [0.5, 0.6) is 0 Å². The van der Waals surface area contributed by atoms with E-state index in [2.05, 4.69) is 10.6 Å². The van der Waals surface area contributed by atoms with Crippen LogP contribution in [-0.2, 0) is 14.4 Å². The standard InChI is InChI=1S/C15H20N2O4/c1-2-5-13(18)16-11-6-3-7-12(10-11)17-14(19)8-4-9-15(20)21/h3,6-7,10H,2,4-5,8-9H2,1H3,(H,16,18)(H,17,19)(H,20,21). The van der Waals surface area contributed by atoms with Gasteiger partial charge < -0.3 is 15.7 Å². The molecule has 3 N–H and O–H groups in total. The van der Waals surface area contributed by atoms with E-state index in [1.807, 2.05) is 6.92 Å². The molecule has 114 valence electrons. The van der Waals surface area contributed by atoms with Gasteiger partial charge in [-0.05, 0) is 31.0 Å². The van der Waals surface area contributed by atoms with E-state index in [-0.39, 0.29) is 24.7 Å². The first-order valence-electron chi connectivity index (χ1n) is 6.93. The maximum Gasteiger partial charge on any atom is 0.303 e. The second-order valence-corrected chi connectivity index (χ2v) is 4.67.